The fraction of sp³-hybridized carbons (Fsp3) is 0.235. The molecule has 2 rings (SSSR count). The molecule has 0 aliphatic heterocycles. The van der Waals surface area contributed by atoms with Crippen molar-refractivity contribution < 1.29 is 9.53 Å². The first-order valence-electron chi connectivity index (χ1n) is 6.93. The summed E-state index contributed by atoms with van der Waals surface area (Å²) in [7, 11) is 1.78. The predicted octanol–water partition coefficient (Wildman–Crippen LogP) is 2.94. The molecule has 4 heteroatoms. The second-order valence-electron chi connectivity index (χ2n) is 4.83. The molecule has 0 unspecified atom stereocenters. The van der Waals surface area contributed by atoms with E-state index >= 15 is 0 Å². The highest BCUT2D eigenvalue weighted by Crippen LogP contribution is 2.20. The van der Waals surface area contributed by atoms with Gasteiger partial charge in [-0.25, -0.2) is 0 Å². The smallest absolute Gasteiger partial charge is 0.257 e. The zero-order valence-corrected chi connectivity index (χ0v) is 12.4. The maximum Gasteiger partial charge on any atom is 0.257 e. The van der Waals surface area contributed by atoms with Crippen molar-refractivity contribution in [3.05, 3.63) is 59.7 Å². The molecule has 0 aromatic heterocycles. The van der Waals surface area contributed by atoms with E-state index < -0.39 is 0 Å². The van der Waals surface area contributed by atoms with Gasteiger partial charge in [0.15, 0.2) is 0 Å². The third-order valence-electron chi connectivity index (χ3n) is 3.16. The first kappa shape index (κ1) is 14.9. The van der Waals surface area contributed by atoms with Gasteiger partial charge in [0.05, 0.1) is 12.2 Å². The molecule has 0 bridgehead atoms. The molecule has 0 saturated carbocycles. The topological polar surface area (TPSA) is 55.6 Å². The fourth-order valence-electron chi connectivity index (χ4n) is 2.10. The molecule has 110 valence electrons. The van der Waals surface area contributed by atoms with Crippen LogP contribution in [0.25, 0.3) is 0 Å². The minimum atomic E-state index is -0.0594. The fourth-order valence-corrected chi connectivity index (χ4v) is 2.10. The lowest BCUT2D eigenvalue weighted by molar-refractivity contribution is 0.0781. The first-order valence-corrected chi connectivity index (χ1v) is 6.93. The molecule has 21 heavy (non-hydrogen) atoms. The third-order valence-corrected chi connectivity index (χ3v) is 3.16. The molecule has 0 aliphatic carbocycles. The van der Waals surface area contributed by atoms with Crippen LogP contribution in [0.1, 0.15) is 22.8 Å². The van der Waals surface area contributed by atoms with Gasteiger partial charge in [-0.2, -0.15) is 0 Å². The Morgan fingerprint density at radius 2 is 1.81 bits per heavy atom. The average Bonchev–Trinajstić information content (AvgIpc) is 2.50. The molecule has 0 atom stereocenters. The van der Waals surface area contributed by atoms with Crippen molar-refractivity contribution in [2.24, 2.45) is 0 Å². The Labute approximate surface area is 125 Å². The molecule has 0 fully saturated rings. The van der Waals surface area contributed by atoms with Crippen LogP contribution in [0.2, 0.25) is 0 Å². The normalized spacial score (nSPS) is 10.2. The summed E-state index contributed by atoms with van der Waals surface area (Å²) < 4.78 is 5.51. The van der Waals surface area contributed by atoms with E-state index in [2.05, 4.69) is 0 Å². The van der Waals surface area contributed by atoms with E-state index in [-0.39, 0.29) is 5.91 Å². The summed E-state index contributed by atoms with van der Waals surface area (Å²) in [6.45, 7) is 2.96. The summed E-state index contributed by atoms with van der Waals surface area (Å²) >= 11 is 0. The minimum Gasteiger partial charge on any atom is -0.493 e. The molecular weight excluding hydrogens is 264 g/mol. The second-order valence-corrected chi connectivity index (χ2v) is 4.83. The summed E-state index contributed by atoms with van der Waals surface area (Å²) in [6.07, 6.45) is 0. The molecule has 0 radical (unpaired) electrons. The number of carbonyl (C=O) groups is 1. The standard InChI is InChI=1S/C17H20N2O2/c1-3-21-16-7-5-4-6-15(16)17(20)19(2)12-13-8-10-14(18)11-9-13/h4-11H,3,12,18H2,1-2H3. The van der Waals surface area contributed by atoms with Crippen LogP contribution < -0.4 is 10.5 Å². The summed E-state index contributed by atoms with van der Waals surface area (Å²) in [5, 5.41) is 0. The maximum absolute atomic E-state index is 12.5. The Balaban J connectivity index is 2.13. The van der Waals surface area contributed by atoms with Gasteiger partial charge in [-0.3, -0.25) is 4.79 Å². The predicted molar refractivity (Wildman–Crippen MR) is 84.3 cm³/mol. The van der Waals surface area contributed by atoms with E-state index in [0.717, 1.165) is 11.3 Å². The lowest BCUT2D eigenvalue weighted by atomic mass is 10.1. The van der Waals surface area contributed by atoms with Gasteiger partial charge in [0.1, 0.15) is 5.75 Å². The number of nitrogens with zero attached hydrogens (tertiary/aromatic N) is 1. The Bertz CT molecular complexity index is 608. The molecule has 0 aliphatic rings. The highest BCUT2D eigenvalue weighted by atomic mass is 16.5. The summed E-state index contributed by atoms with van der Waals surface area (Å²) in [5.41, 5.74) is 8.00. The number of hydrogen-bond acceptors (Lipinski definition) is 3. The van der Waals surface area contributed by atoms with Crippen molar-refractivity contribution >= 4 is 11.6 Å². The SMILES string of the molecule is CCOc1ccccc1C(=O)N(C)Cc1ccc(N)cc1. The van der Waals surface area contributed by atoms with Gasteiger partial charge in [0.25, 0.3) is 5.91 Å². The van der Waals surface area contributed by atoms with Crippen LogP contribution in [0, 0.1) is 0 Å². The second kappa shape index (κ2) is 6.79. The number of rotatable bonds is 5. The quantitative estimate of drug-likeness (QED) is 0.859. The van der Waals surface area contributed by atoms with E-state index in [1.54, 1.807) is 18.0 Å². The van der Waals surface area contributed by atoms with Gasteiger partial charge in [-0.05, 0) is 36.8 Å². The molecular formula is C17H20N2O2. The van der Waals surface area contributed by atoms with Crippen LogP contribution in [0.4, 0.5) is 5.69 Å². The highest BCUT2D eigenvalue weighted by molar-refractivity contribution is 5.96. The highest BCUT2D eigenvalue weighted by Gasteiger charge is 2.16. The van der Waals surface area contributed by atoms with Gasteiger partial charge in [0.2, 0.25) is 0 Å². The molecule has 2 aromatic rings. The van der Waals surface area contributed by atoms with Crippen LogP contribution in [0.3, 0.4) is 0 Å². The molecule has 2 aromatic carbocycles. The molecule has 1 amide bonds. The van der Waals surface area contributed by atoms with Crippen molar-refractivity contribution in [1.82, 2.24) is 4.90 Å². The number of hydrogen-bond donors (Lipinski definition) is 1. The molecule has 2 N–H and O–H groups in total. The van der Waals surface area contributed by atoms with Gasteiger partial charge < -0.3 is 15.4 Å². The average molecular weight is 284 g/mol. The van der Waals surface area contributed by atoms with Crippen LogP contribution in [0.15, 0.2) is 48.5 Å². The summed E-state index contributed by atoms with van der Waals surface area (Å²) in [4.78, 5) is 14.2. The molecule has 0 spiro atoms. The van der Waals surface area contributed by atoms with Crippen LogP contribution in [-0.2, 0) is 6.54 Å². The molecule has 0 heterocycles. The van der Waals surface area contributed by atoms with E-state index in [9.17, 15) is 4.79 Å². The van der Waals surface area contributed by atoms with Crippen LogP contribution >= 0.6 is 0 Å². The van der Waals surface area contributed by atoms with Crippen molar-refractivity contribution in [3.63, 3.8) is 0 Å². The van der Waals surface area contributed by atoms with Gasteiger partial charge in [-0.15, -0.1) is 0 Å². The molecule has 4 nitrogen and oxygen atoms in total. The maximum atomic E-state index is 12.5. The number of anilines is 1. The van der Waals surface area contributed by atoms with Crippen LogP contribution in [0.5, 0.6) is 5.75 Å². The van der Waals surface area contributed by atoms with Gasteiger partial charge >= 0.3 is 0 Å². The minimum absolute atomic E-state index is 0.0594. The Hall–Kier alpha value is -2.49. The van der Waals surface area contributed by atoms with E-state index in [4.69, 9.17) is 10.5 Å². The van der Waals surface area contributed by atoms with Gasteiger partial charge in [0, 0.05) is 19.3 Å². The monoisotopic (exact) mass is 284 g/mol. The Morgan fingerprint density at radius 1 is 1.14 bits per heavy atom. The Morgan fingerprint density at radius 3 is 2.48 bits per heavy atom. The van der Waals surface area contributed by atoms with E-state index in [1.165, 1.54) is 0 Å². The zero-order chi connectivity index (χ0) is 15.2. The van der Waals surface area contributed by atoms with E-state index in [0.29, 0.717) is 24.5 Å². The number of amides is 1. The van der Waals surface area contributed by atoms with Crippen molar-refractivity contribution in [3.8, 4) is 5.75 Å². The van der Waals surface area contributed by atoms with Crippen LogP contribution in [-0.4, -0.2) is 24.5 Å². The van der Waals surface area contributed by atoms with E-state index in [1.807, 2.05) is 49.4 Å². The van der Waals surface area contributed by atoms with Crippen molar-refractivity contribution in [2.75, 3.05) is 19.4 Å². The van der Waals surface area contributed by atoms with Gasteiger partial charge in [-0.1, -0.05) is 24.3 Å². The number of carbonyl (C=O) groups excluding carboxylic acids is 1. The largest absolute Gasteiger partial charge is 0.493 e. The summed E-state index contributed by atoms with van der Waals surface area (Å²) in [6, 6.07) is 14.8. The lowest BCUT2D eigenvalue weighted by Gasteiger charge is -2.19. The Kier molecular flexibility index (Phi) is 4.82. The zero-order valence-electron chi connectivity index (χ0n) is 12.4. The number of nitrogen functional groups attached to an aromatic ring is 1. The summed E-state index contributed by atoms with van der Waals surface area (Å²) in [5.74, 6) is 0.560. The van der Waals surface area contributed by atoms with Crippen molar-refractivity contribution in [2.45, 2.75) is 13.5 Å². The number of benzene rings is 2. The third kappa shape index (κ3) is 3.75. The molecule has 0 saturated heterocycles. The number of ether oxygens (including phenoxy) is 1. The lowest BCUT2D eigenvalue weighted by Crippen LogP contribution is -2.26. The van der Waals surface area contributed by atoms with Crippen molar-refractivity contribution in [1.29, 1.82) is 0 Å². The number of nitrogens with two attached hydrogens (primary N) is 1. The number of para-hydroxylation sites is 1. The first-order chi connectivity index (χ1) is 10.1.